The van der Waals surface area contributed by atoms with Crippen molar-refractivity contribution in [3.63, 3.8) is 0 Å². The topological polar surface area (TPSA) is 81.7 Å². The van der Waals surface area contributed by atoms with Crippen LogP contribution in [0.25, 0.3) is 0 Å². The standard InChI is InChI=1S/C15H21N3O3/c1-18-7-5-11(6-8-18)10-16-15(21)17-13-4-2-3-12(9-13)14(19)20/h2-4,9,11H,5-8,10H2,1H3,(H,19,20)(H2,16,17,21). The van der Waals surface area contributed by atoms with E-state index < -0.39 is 5.97 Å². The molecule has 0 atom stereocenters. The summed E-state index contributed by atoms with van der Waals surface area (Å²) in [7, 11) is 2.10. The van der Waals surface area contributed by atoms with E-state index in [0.717, 1.165) is 25.9 Å². The molecule has 6 heteroatoms. The quantitative estimate of drug-likeness (QED) is 0.790. The van der Waals surface area contributed by atoms with Gasteiger partial charge in [-0.25, -0.2) is 9.59 Å². The molecular formula is C15H21N3O3. The highest BCUT2D eigenvalue weighted by Gasteiger charge is 2.17. The van der Waals surface area contributed by atoms with E-state index in [1.165, 1.54) is 12.1 Å². The number of hydrogen-bond donors (Lipinski definition) is 3. The van der Waals surface area contributed by atoms with Gasteiger partial charge in [0.2, 0.25) is 0 Å². The second-order valence-corrected chi connectivity index (χ2v) is 5.47. The van der Waals surface area contributed by atoms with Gasteiger partial charge in [0.05, 0.1) is 5.56 Å². The molecule has 0 radical (unpaired) electrons. The number of anilines is 1. The van der Waals surface area contributed by atoms with Crippen LogP contribution in [0.15, 0.2) is 24.3 Å². The summed E-state index contributed by atoms with van der Waals surface area (Å²) in [4.78, 5) is 25.0. The van der Waals surface area contributed by atoms with Gasteiger partial charge in [0, 0.05) is 12.2 Å². The molecular weight excluding hydrogens is 270 g/mol. The van der Waals surface area contributed by atoms with E-state index in [1.807, 2.05) is 0 Å². The van der Waals surface area contributed by atoms with Crippen LogP contribution in [0.1, 0.15) is 23.2 Å². The SMILES string of the molecule is CN1CCC(CNC(=O)Nc2cccc(C(=O)O)c2)CC1. The summed E-state index contributed by atoms with van der Waals surface area (Å²) in [6, 6.07) is 5.91. The van der Waals surface area contributed by atoms with Gasteiger partial charge in [0.25, 0.3) is 0 Å². The minimum absolute atomic E-state index is 0.156. The molecule has 0 aromatic heterocycles. The van der Waals surface area contributed by atoms with Crippen LogP contribution in [0.4, 0.5) is 10.5 Å². The molecule has 0 aliphatic carbocycles. The number of likely N-dealkylation sites (tertiary alicyclic amines) is 1. The number of rotatable bonds is 4. The number of carboxylic acids is 1. The van der Waals surface area contributed by atoms with Gasteiger partial charge >= 0.3 is 12.0 Å². The average molecular weight is 291 g/mol. The maximum Gasteiger partial charge on any atom is 0.335 e. The summed E-state index contributed by atoms with van der Waals surface area (Å²) in [6.45, 7) is 2.78. The molecule has 0 saturated carbocycles. The van der Waals surface area contributed by atoms with Crippen molar-refractivity contribution in [3.8, 4) is 0 Å². The Morgan fingerprint density at radius 1 is 1.33 bits per heavy atom. The van der Waals surface area contributed by atoms with Crippen molar-refractivity contribution in [1.29, 1.82) is 0 Å². The van der Waals surface area contributed by atoms with Gasteiger partial charge < -0.3 is 20.6 Å². The zero-order valence-electron chi connectivity index (χ0n) is 12.1. The third-order valence-electron chi connectivity index (χ3n) is 3.76. The van der Waals surface area contributed by atoms with Crippen LogP contribution in [0.3, 0.4) is 0 Å². The first-order valence-electron chi connectivity index (χ1n) is 7.11. The Labute approximate surface area is 124 Å². The Hall–Kier alpha value is -2.08. The van der Waals surface area contributed by atoms with E-state index in [0.29, 0.717) is 18.2 Å². The fourth-order valence-corrected chi connectivity index (χ4v) is 2.41. The average Bonchev–Trinajstić information content (AvgIpc) is 2.47. The molecule has 0 bridgehead atoms. The van der Waals surface area contributed by atoms with Crippen LogP contribution >= 0.6 is 0 Å². The second-order valence-electron chi connectivity index (χ2n) is 5.47. The summed E-state index contributed by atoms with van der Waals surface area (Å²) < 4.78 is 0. The van der Waals surface area contributed by atoms with Crippen LogP contribution in [-0.2, 0) is 0 Å². The molecule has 2 amide bonds. The maximum absolute atomic E-state index is 11.8. The van der Waals surface area contributed by atoms with Crippen LogP contribution in [-0.4, -0.2) is 48.7 Å². The highest BCUT2D eigenvalue weighted by atomic mass is 16.4. The number of aromatic carboxylic acids is 1. The highest BCUT2D eigenvalue weighted by molar-refractivity contribution is 5.93. The summed E-state index contributed by atoms with van der Waals surface area (Å²) >= 11 is 0. The largest absolute Gasteiger partial charge is 0.478 e. The molecule has 6 nitrogen and oxygen atoms in total. The van der Waals surface area contributed by atoms with Crippen LogP contribution in [0.2, 0.25) is 0 Å². The van der Waals surface area contributed by atoms with Crippen molar-refractivity contribution in [2.45, 2.75) is 12.8 Å². The fraction of sp³-hybridized carbons (Fsp3) is 0.467. The van der Waals surface area contributed by atoms with E-state index in [1.54, 1.807) is 12.1 Å². The predicted molar refractivity (Wildman–Crippen MR) is 80.6 cm³/mol. The van der Waals surface area contributed by atoms with Crippen LogP contribution in [0.5, 0.6) is 0 Å². The second kappa shape index (κ2) is 7.08. The zero-order chi connectivity index (χ0) is 15.2. The first kappa shape index (κ1) is 15.3. The smallest absolute Gasteiger partial charge is 0.335 e. The lowest BCUT2D eigenvalue weighted by Gasteiger charge is -2.28. The number of piperidine rings is 1. The van der Waals surface area contributed by atoms with Gasteiger partial charge in [0.15, 0.2) is 0 Å². The molecule has 1 aromatic rings. The number of carboxylic acid groups (broad SMARTS) is 1. The van der Waals surface area contributed by atoms with Gasteiger partial charge in [-0.15, -0.1) is 0 Å². The lowest BCUT2D eigenvalue weighted by Crippen LogP contribution is -2.38. The number of carbonyl (C=O) groups is 2. The van der Waals surface area contributed by atoms with Gasteiger partial charge in [-0.05, 0) is 57.1 Å². The fourth-order valence-electron chi connectivity index (χ4n) is 2.41. The molecule has 1 heterocycles. The Balaban J connectivity index is 1.79. The molecule has 21 heavy (non-hydrogen) atoms. The van der Waals surface area contributed by atoms with Gasteiger partial charge in [-0.3, -0.25) is 0 Å². The Morgan fingerprint density at radius 2 is 2.05 bits per heavy atom. The number of nitrogens with zero attached hydrogens (tertiary/aromatic N) is 1. The number of urea groups is 1. The number of nitrogens with one attached hydrogen (secondary N) is 2. The molecule has 1 aliphatic rings. The number of carbonyl (C=O) groups excluding carboxylic acids is 1. The van der Waals surface area contributed by atoms with Crippen LogP contribution in [0, 0.1) is 5.92 Å². The summed E-state index contributed by atoms with van der Waals surface area (Å²) in [5.74, 6) is -0.498. The lowest BCUT2D eigenvalue weighted by molar-refractivity contribution is 0.0697. The molecule has 1 saturated heterocycles. The third kappa shape index (κ3) is 4.75. The molecule has 0 spiro atoms. The number of hydrogen-bond acceptors (Lipinski definition) is 3. The Bertz CT molecular complexity index is 511. The molecule has 3 N–H and O–H groups in total. The summed E-state index contributed by atoms with van der Waals surface area (Å²) in [6.07, 6.45) is 2.18. The Morgan fingerprint density at radius 3 is 2.71 bits per heavy atom. The van der Waals surface area contributed by atoms with Crippen molar-refractivity contribution < 1.29 is 14.7 Å². The van der Waals surface area contributed by atoms with Gasteiger partial charge in [-0.1, -0.05) is 6.07 Å². The molecule has 1 aromatic carbocycles. The highest BCUT2D eigenvalue weighted by Crippen LogP contribution is 2.15. The normalized spacial score (nSPS) is 16.4. The monoisotopic (exact) mass is 291 g/mol. The van der Waals surface area contributed by atoms with Crippen molar-refractivity contribution in [1.82, 2.24) is 10.2 Å². The molecule has 2 rings (SSSR count). The van der Waals surface area contributed by atoms with Crippen molar-refractivity contribution in [2.24, 2.45) is 5.92 Å². The van der Waals surface area contributed by atoms with Crippen molar-refractivity contribution in [3.05, 3.63) is 29.8 Å². The first-order valence-corrected chi connectivity index (χ1v) is 7.11. The minimum atomic E-state index is -1.01. The van der Waals surface area contributed by atoms with Gasteiger partial charge in [0.1, 0.15) is 0 Å². The third-order valence-corrected chi connectivity index (χ3v) is 3.76. The molecule has 114 valence electrons. The van der Waals surface area contributed by atoms with Gasteiger partial charge in [-0.2, -0.15) is 0 Å². The first-order chi connectivity index (χ1) is 10.0. The van der Waals surface area contributed by atoms with Crippen molar-refractivity contribution >= 4 is 17.7 Å². The maximum atomic E-state index is 11.8. The van der Waals surface area contributed by atoms with Crippen molar-refractivity contribution in [2.75, 3.05) is 32.0 Å². The van der Waals surface area contributed by atoms with Crippen LogP contribution < -0.4 is 10.6 Å². The number of benzene rings is 1. The molecule has 1 fully saturated rings. The zero-order valence-corrected chi connectivity index (χ0v) is 12.1. The lowest BCUT2D eigenvalue weighted by atomic mass is 9.97. The molecule has 1 aliphatic heterocycles. The van der Waals surface area contributed by atoms with E-state index in [4.69, 9.17) is 5.11 Å². The molecule has 0 unspecified atom stereocenters. The van der Waals surface area contributed by atoms with E-state index in [2.05, 4.69) is 22.6 Å². The minimum Gasteiger partial charge on any atom is -0.478 e. The van der Waals surface area contributed by atoms with E-state index in [9.17, 15) is 9.59 Å². The van der Waals surface area contributed by atoms with E-state index in [-0.39, 0.29) is 11.6 Å². The number of amides is 2. The van der Waals surface area contributed by atoms with E-state index >= 15 is 0 Å². The Kier molecular flexibility index (Phi) is 5.16. The predicted octanol–water partition coefficient (Wildman–Crippen LogP) is 1.85. The summed E-state index contributed by atoms with van der Waals surface area (Å²) in [5, 5.41) is 14.4. The summed E-state index contributed by atoms with van der Waals surface area (Å²) in [5.41, 5.74) is 0.638.